The molecule has 2 nitrogen and oxygen atoms in total. The summed E-state index contributed by atoms with van der Waals surface area (Å²) in [5.41, 5.74) is 1.91. The molecule has 2 unspecified atom stereocenters. The Kier molecular flexibility index (Phi) is 4.93. The average Bonchev–Trinajstić information content (AvgIpc) is 2.68. The van der Waals surface area contributed by atoms with E-state index in [1.807, 2.05) is 45.0 Å². The number of hydrogen-bond acceptors (Lipinski definition) is 3. The normalized spacial score (nSPS) is 18.5. The van der Waals surface area contributed by atoms with Crippen molar-refractivity contribution in [1.82, 2.24) is 4.72 Å². The molecular formula is C18H19F2NOS2. The summed E-state index contributed by atoms with van der Waals surface area (Å²) in [4.78, 5) is 0.983. The Morgan fingerprint density at radius 1 is 1.12 bits per heavy atom. The van der Waals surface area contributed by atoms with Crippen molar-refractivity contribution in [3.63, 3.8) is 0 Å². The van der Waals surface area contributed by atoms with Gasteiger partial charge < -0.3 is 4.55 Å². The van der Waals surface area contributed by atoms with Gasteiger partial charge in [0.05, 0.1) is 0 Å². The van der Waals surface area contributed by atoms with Crippen LogP contribution in [0, 0.1) is 11.6 Å². The van der Waals surface area contributed by atoms with Crippen LogP contribution in [0.15, 0.2) is 41.3 Å². The first-order valence-corrected chi connectivity index (χ1v) is 9.79. The Balaban J connectivity index is 2.13. The van der Waals surface area contributed by atoms with Crippen molar-refractivity contribution >= 4 is 23.1 Å². The third kappa shape index (κ3) is 3.33. The molecule has 128 valence electrons. The van der Waals surface area contributed by atoms with Crippen LogP contribution in [-0.2, 0) is 17.1 Å². The van der Waals surface area contributed by atoms with Gasteiger partial charge in [0.1, 0.15) is 10.8 Å². The van der Waals surface area contributed by atoms with Crippen molar-refractivity contribution in [3.05, 3.63) is 64.7 Å². The van der Waals surface area contributed by atoms with Gasteiger partial charge in [0.15, 0.2) is 11.6 Å². The van der Waals surface area contributed by atoms with E-state index in [1.54, 1.807) is 6.07 Å². The van der Waals surface area contributed by atoms with Gasteiger partial charge in [-0.25, -0.2) is 8.78 Å². The van der Waals surface area contributed by atoms with E-state index in [0.29, 0.717) is 16.9 Å². The van der Waals surface area contributed by atoms with Crippen LogP contribution < -0.4 is 4.72 Å². The Labute approximate surface area is 148 Å². The molecule has 0 aliphatic carbocycles. The lowest BCUT2D eigenvalue weighted by Crippen LogP contribution is -2.41. The standard InChI is InChI=1S/C18H19F2NOS2/c1-18(2,3)24(22)21-17-11-8-9-14(19)16(20)13(11)10-23-15-7-5-4-6-12(15)17/h4-9,17,21H,10H2,1-3H3. The van der Waals surface area contributed by atoms with Gasteiger partial charge in [0.2, 0.25) is 0 Å². The van der Waals surface area contributed by atoms with E-state index in [1.165, 1.54) is 11.8 Å². The molecule has 2 aromatic rings. The van der Waals surface area contributed by atoms with Gasteiger partial charge in [-0.1, -0.05) is 24.3 Å². The number of nitrogens with one attached hydrogen (secondary N) is 1. The number of fused-ring (bicyclic) bond motifs is 2. The predicted molar refractivity (Wildman–Crippen MR) is 95.2 cm³/mol. The lowest BCUT2D eigenvalue weighted by atomic mass is 9.95. The van der Waals surface area contributed by atoms with E-state index in [4.69, 9.17) is 0 Å². The first-order chi connectivity index (χ1) is 11.3. The second-order valence-corrected chi connectivity index (χ2v) is 9.70. The van der Waals surface area contributed by atoms with Gasteiger partial charge in [-0.2, -0.15) is 0 Å². The Hall–Kier alpha value is -1.08. The van der Waals surface area contributed by atoms with Crippen molar-refractivity contribution in [2.45, 2.75) is 42.2 Å². The molecule has 0 bridgehead atoms. The maximum absolute atomic E-state index is 14.3. The second-order valence-electron chi connectivity index (χ2n) is 6.69. The first kappa shape index (κ1) is 17.7. The summed E-state index contributed by atoms with van der Waals surface area (Å²) in [7, 11) is 0. The maximum Gasteiger partial charge on any atom is 0.163 e. The highest BCUT2D eigenvalue weighted by Gasteiger charge is 2.34. The van der Waals surface area contributed by atoms with E-state index in [9.17, 15) is 13.3 Å². The molecule has 0 spiro atoms. The Morgan fingerprint density at radius 3 is 2.54 bits per heavy atom. The molecule has 3 rings (SSSR count). The molecular weight excluding hydrogens is 348 g/mol. The van der Waals surface area contributed by atoms with E-state index >= 15 is 0 Å². The summed E-state index contributed by atoms with van der Waals surface area (Å²) >= 11 is 0.123. The zero-order valence-electron chi connectivity index (χ0n) is 13.7. The number of halogens is 2. The van der Waals surface area contributed by atoms with Gasteiger partial charge >= 0.3 is 0 Å². The molecule has 2 aromatic carbocycles. The number of thioether (sulfide) groups is 1. The lowest BCUT2D eigenvalue weighted by Gasteiger charge is -2.29. The van der Waals surface area contributed by atoms with Gasteiger partial charge in [-0.15, -0.1) is 16.5 Å². The van der Waals surface area contributed by atoms with E-state index in [-0.39, 0.29) is 0 Å². The summed E-state index contributed by atoms with van der Waals surface area (Å²) < 4.78 is 43.3. The van der Waals surface area contributed by atoms with Crippen LogP contribution in [0.5, 0.6) is 0 Å². The van der Waals surface area contributed by atoms with Gasteiger partial charge in [-0.3, -0.25) is 0 Å². The maximum atomic E-state index is 14.3. The van der Waals surface area contributed by atoms with E-state index in [0.717, 1.165) is 16.5 Å². The smallest absolute Gasteiger partial charge is 0.163 e. The van der Waals surface area contributed by atoms with Crippen molar-refractivity contribution in [1.29, 1.82) is 0 Å². The molecule has 0 saturated carbocycles. The molecule has 0 radical (unpaired) electrons. The molecule has 1 aliphatic heterocycles. The zero-order valence-corrected chi connectivity index (χ0v) is 15.4. The molecule has 0 saturated heterocycles. The minimum atomic E-state index is -1.34. The fraction of sp³-hybridized carbons (Fsp3) is 0.333. The van der Waals surface area contributed by atoms with Crippen LogP contribution in [0.2, 0.25) is 0 Å². The van der Waals surface area contributed by atoms with Crippen molar-refractivity contribution in [3.8, 4) is 0 Å². The third-order valence-corrected chi connectivity index (χ3v) is 6.60. The molecule has 24 heavy (non-hydrogen) atoms. The SMILES string of the molecule is CC(C)(C)[S+]([O-])NC1c2ccccc2SCc2c1ccc(F)c2F. The van der Waals surface area contributed by atoms with Crippen molar-refractivity contribution in [2.24, 2.45) is 0 Å². The minimum absolute atomic E-state index is 0.333. The van der Waals surface area contributed by atoms with Crippen LogP contribution in [-0.4, -0.2) is 9.30 Å². The highest BCUT2D eigenvalue weighted by molar-refractivity contribution is 7.98. The molecule has 2 atom stereocenters. The molecule has 0 aromatic heterocycles. The van der Waals surface area contributed by atoms with E-state index < -0.39 is 33.8 Å². The summed E-state index contributed by atoms with van der Waals surface area (Å²) in [6.07, 6.45) is 0. The molecule has 1 heterocycles. The Morgan fingerprint density at radius 2 is 1.83 bits per heavy atom. The summed E-state index contributed by atoms with van der Waals surface area (Å²) in [6.45, 7) is 5.62. The highest BCUT2D eigenvalue weighted by atomic mass is 32.2. The first-order valence-electron chi connectivity index (χ1n) is 7.65. The van der Waals surface area contributed by atoms with Gasteiger partial charge in [0.25, 0.3) is 0 Å². The summed E-state index contributed by atoms with van der Waals surface area (Å²) in [6, 6.07) is 10.00. The van der Waals surface area contributed by atoms with Crippen LogP contribution in [0.3, 0.4) is 0 Å². The van der Waals surface area contributed by atoms with Crippen molar-refractivity contribution < 1.29 is 13.3 Å². The molecule has 1 N–H and O–H groups in total. The molecule has 6 heteroatoms. The largest absolute Gasteiger partial charge is 0.598 e. The number of hydrogen-bond donors (Lipinski definition) is 1. The number of benzene rings is 2. The van der Waals surface area contributed by atoms with Crippen LogP contribution in [0.4, 0.5) is 8.78 Å². The van der Waals surface area contributed by atoms with Crippen LogP contribution in [0.1, 0.15) is 43.5 Å². The Bertz CT molecular complexity index is 761. The topological polar surface area (TPSA) is 35.1 Å². The predicted octanol–water partition coefficient (Wildman–Crippen LogP) is 4.71. The van der Waals surface area contributed by atoms with Crippen molar-refractivity contribution in [2.75, 3.05) is 0 Å². The summed E-state index contributed by atoms with van der Waals surface area (Å²) in [5, 5.41) is 0. The quantitative estimate of drug-likeness (QED) is 0.781. The number of rotatable bonds is 2. The minimum Gasteiger partial charge on any atom is -0.598 e. The third-order valence-electron chi connectivity index (χ3n) is 3.93. The zero-order chi connectivity index (χ0) is 17.5. The fourth-order valence-electron chi connectivity index (χ4n) is 2.60. The van der Waals surface area contributed by atoms with Gasteiger partial charge in [-0.05, 0) is 44.0 Å². The van der Waals surface area contributed by atoms with Crippen LogP contribution in [0.25, 0.3) is 0 Å². The van der Waals surface area contributed by atoms with Crippen LogP contribution >= 0.6 is 11.8 Å². The average molecular weight is 367 g/mol. The molecule has 1 aliphatic rings. The second kappa shape index (κ2) is 6.67. The van der Waals surface area contributed by atoms with E-state index in [2.05, 4.69) is 4.72 Å². The van der Waals surface area contributed by atoms with Gasteiger partial charge in [0, 0.05) is 27.6 Å². The molecule has 0 amide bonds. The highest BCUT2D eigenvalue weighted by Crippen LogP contribution is 2.41. The lowest BCUT2D eigenvalue weighted by molar-refractivity contribution is 0.497. The fourth-order valence-corrected chi connectivity index (χ4v) is 4.55. The monoisotopic (exact) mass is 367 g/mol. The summed E-state index contributed by atoms with van der Waals surface area (Å²) in [5.74, 6) is -1.33. The molecule has 0 fully saturated rings.